The lowest BCUT2D eigenvalue weighted by atomic mass is 10.0. The van der Waals surface area contributed by atoms with Crippen LogP contribution in [0.2, 0.25) is 0 Å². The lowest BCUT2D eigenvalue weighted by Crippen LogP contribution is -2.51. The maximum absolute atomic E-state index is 13.5. The number of aromatic nitrogens is 4. The number of carbonyl (C=O) groups excluding carboxylic acids is 4. The second-order valence-electron chi connectivity index (χ2n) is 15.0. The number of thiophene rings is 1. The third-order valence-corrected chi connectivity index (χ3v) is 11.7. The fourth-order valence-electron chi connectivity index (χ4n) is 7.59. The zero-order valence-corrected chi connectivity index (χ0v) is 33.2. The average molecular weight is 785 g/mol. The van der Waals surface area contributed by atoms with Crippen LogP contribution < -0.4 is 10.6 Å². The van der Waals surface area contributed by atoms with Crippen LogP contribution in [0.25, 0.3) is 43.4 Å². The maximum Gasteiger partial charge on any atom is 0.407 e. The molecule has 5 aromatic rings. The van der Waals surface area contributed by atoms with Crippen molar-refractivity contribution in [2.45, 2.75) is 77.5 Å². The number of imidazole rings is 2. The van der Waals surface area contributed by atoms with Crippen LogP contribution in [0.4, 0.5) is 9.59 Å². The van der Waals surface area contributed by atoms with Crippen molar-refractivity contribution < 1.29 is 33.1 Å². The number of H-pyrrole nitrogens is 2. The van der Waals surface area contributed by atoms with Gasteiger partial charge in [0.2, 0.25) is 11.8 Å². The number of aromatic amines is 2. The number of hydrogen-bond acceptors (Lipinski definition) is 10. The van der Waals surface area contributed by atoms with Crippen LogP contribution in [0.1, 0.15) is 77.1 Å². The molecule has 2 aliphatic heterocycles. The summed E-state index contributed by atoms with van der Waals surface area (Å²) in [6, 6.07) is 10.3. The second-order valence-corrected chi connectivity index (χ2v) is 16.1. The Bertz CT molecular complexity index is 2170. The van der Waals surface area contributed by atoms with Crippen molar-refractivity contribution in [2.75, 3.05) is 27.3 Å². The van der Waals surface area contributed by atoms with Gasteiger partial charge >= 0.3 is 12.2 Å². The summed E-state index contributed by atoms with van der Waals surface area (Å²) in [7, 11) is 2.57. The van der Waals surface area contributed by atoms with E-state index in [1.54, 1.807) is 33.5 Å². The molecule has 7 rings (SSSR count). The molecule has 16 heteroatoms. The van der Waals surface area contributed by atoms with Crippen molar-refractivity contribution in [1.82, 2.24) is 40.4 Å². The molecule has 2 aliphatic rings. The normalized spacial score (nSPS) is 18.1. The van der Waals surface area contributed by atoms with E-state index < -0.39 is 24.3 Å². The molecule has 0 bridgehead atoms. The fraction of sp³-hybridized carbons (Fsp3) is 0.450. The predicted molar refractivity (Wildman–Crippen MR) is 210 cm³/mol. The Balaban J connectivity index is 1.02. The molecule has 4 N–H and O–H groups in total. The van der Waals surface area contributed by atoms with Gasteiger partial charge in [0.25, 0.3) is 0 Å². The Labute approximate surface area is 328 Å². The smallest absolute Gasteiger partial charge is 0.407 e. The molecule has 296 valence electrons. The average Bonchev–Trinajstić information content (AvgIpc) is 4.04. The highest BCUT2D eigenvalue weighted by molar-refractivity contribution is 7.22. The van der Waals surface area contributed by atoms with E-state index in [1.165, 1.54) is 14.2 Å². The van der Waals surface area contributed by atoms with Gasteiger partial charge in [-0.1, -0.05) is 52.0 Å². The molecule has 0 aliphatic carbocycles. The molecule has 1 aromatic carbocycles. The SMILES string of the molecule is COC(=O)NC(C(=O)N1CCCC1c1ncc(-c2ccc(-c3cc4sc(-c5cnc(C6CCCN6C(=O)C(NC(=O)OC)C(C)C)[nH]5)cc4o3)cc2)[nH]1)C(C)C. The van der Waals surface area contributed by atoms with Gasteiger partial charge in [0, 0.05) is 30.8 Å². The molecule has 0 radical (unpaired) electrons. The minimum Gasteiger partial charge on any atom is -0.455 e. The lowest BCUT2D eigenvalue weighted by molar-refractivity contribution is -0.136. The first-order valence-electron chi connectivity index (χ1n) is 19.0. The van der Waals surface area contributed by atoms with E-state index in [-0.39, 0.29) is 35.7 Å². The third-order valence-electron chi connectivity index (χ3n) is 10.6. The van der Waals surface area contributed by atoms with Gasteiger partial charge < -0.3 is 44.3 Å². The number of fused-ring (bicyclic) bond motifs is 1. The number of rotatable bonds is 11. The molecule has 2 saturated heterocycles. The molecule has 4 unspecified atom stereocenters. The Morgan fingerprint density at radius 3 is 1.77 bits per heavy atom. The maximum atomic E-state index is 13.5. The van der Waals surface area contributed by atoms with E-state index in [9.17, 15) is 19.2 Å². The number of furan rings is 1. The highest BCUT2D eigenvalue weighted by Crippen LogP contribution is 2.40. The summed E-state index contributed by atoms with van der Waals surface area (Å²) >= 11 is 1.60. The Morgan fingerprint density at radius 2 is 1.27 bits per heavy atom. The van der Waals surface area contributed by atoms with Crippen LogP contribution in [0.3, 0.4) is 0 Å². The molecule has 15 nitrogen and oxygen atoms in total. The number of nitrogens with zero attached hydrogens (tertiary/aromatic N) is 4. The number of methoxy groups -OCH3 is 2. The summed E-state index contributed by atoms with van der Waals surface area (Å²) in [4.78, 5) is 71.8. The van der Waals surface area contributed by atoms with Gasteiger partial charge in [-0.05, 0) is 43.1 Å². The van der Waals surface area contributed by atoms with Gasteiger partial charge in [0.15, 0.2) is 0 Å². The minimum absolute atomic E-state index is 0.110. The highest BCUT2D eigenvalue weighted by atomic mass is 32.1. The molecular weight excluding hydrogens is 737 g/mol. The summed E-state index contributed by atoms with van der Waals surface area (Å²) in [5, 5.41) is 5.38. The van der Waals surface area contributed by atoms with Gasteiger partial charge in [-0.25, -0.2) is 19.6 Å². The number of nitrogens with one attached hydrogen (secondary N) is 4. The molecular formula is C40H48N8O7S. The number of likely N-dealkylation sites (tertiary alicyclic amines) is 2. The van der Waals surface area contributed by atoms with Crippen molar-refractivity contribution in [3.8, 4) is 33.2 Å². The van der Waals surface area contributed by atoms with Gasteiger partial charge in [-0.2, -0.15) is 0 Å². The highest BCUT2D eigenvalue weighted by Gasteiger charge is 2.39. The second kappa shape index (κ2) is 16.2. The van der Waals surface area contributed by atoms with Gasteiger partial charge in [0.05, 0.1) is 59.7 Å². The zero-order valence-electron chi connectivity index (χ0n) is 32.4. The van der Waals surface area contributed by atoms with Crippen LogP contribution in [0.5, 0.6) is 0 Å². The van der Waals surface area contributed by atoms with Crippen LogP contribution >= 0.6 is 11.3 Å². The summed E-state index contributed by atoms with van der Waals surface area (Å²) < 4.78 is 16.8. The standard InChI is InChI=1S/C40H48N8O7S/c1-21(2)33(45-39(51)53-5)37(49)47-15-7-9-27(47)35-41-19-25(43-35)23-11-13-24(14-12-23)29-17-32-30(55-29)18-31(56-32)26-20-42-36(44-26)28-10-8-16-48(28)38(50)34(22(3)4)46-40(52)54-6/h11-14,17-22,27-28,33-34H,7-10,15-16H2,1-6H3,(H,41,43)(H,42,44)(H,45,51)(H,46,52). The van der Waals surface area contributed by atoms with E-state index in [0.717, 1.165) is 69.1 Å². The van der Waals surface area contributed by atoms with E-state index in [0.29, 0.717) is 24.7 Å². The molecule has 0 saturated carbocycles. The van der Waals surface area contributed by atoms with Crippen LogP contribution in [-0.4, -0.2) is 93.1 Å². The van der Waals surface area contributed by atoms with Gasteiger partial charge in [0.1, 0.15) is 35.1 Å². The fourth-order valence-corrected chi connectivity index (χ4v) is 8.58. The quantitative estimate of drug-likeness (QED) is 0.109. The molecule has 4 aromatic heterocycles. The van der Waals surface area contributed by atoms with Crippen LogP contribution in [0, 0.1) is 11.8 Å². The first-order chi connectivity index (χ1) is 26.9. The van der Waals surface area contributed by atoms with E-state index in [2.05, 4.69) is 30.6 Å². The van der Waals surface area contributed by atoms with E-state index in [1.807, 2.05) is 64.1 Å². The van der Waals surface area contributed by atoms with Crippen molar-refractivity contribution in [1.29, 1.82) is 0 Å². The first-order valence-corrected chi connectivity index (χ1v) is 19.8. The minimum atomic E-state index is -0.695. The van der Waals surface area contributed by atoms with Crippen LogP contribution in [0.15, 0.2) is 53.2 Å². The number of benzene rings is 1. The zero-order chi connectivity index (χ0) is 39.7. The topological polar surface area (TPSA) is 188 Å². The number of hydrogen-bond donors (Lipinski definition) is 4. The summed E-state index contributed by atoms with van der Waals surface area (Å²) in [6.45, 7) is 8.76. The van der Waals surface area contributed by atoms with Crippen molar-refractivity contribution in [3.05, 3.63) is 60.4 Å². The molecule has 6 heterocycles. The lowest BCUT2D eigenvalue weighted by Gasteiger charge is -2.30. The number of alkyl carbamates (subject to hydrolysis) is 2. The van der Waals surface area contributed by atoms with Gasteiger partial charge in [-0.3, -0.25) is 9.59 Å². The summed E-state index contributed by atoms with van der Waals surface area (Å²) in [5.74, 6) is 1.66. The Kier molecular flexibility index (Phi) is 11.2. The van der Waals surface area contributed by atoms with Crippen molar-refractivity contribution in [3.63, 3.8) is 0 Å². The molecule has 4 atom stereocenters. The predicted octanol–water partition coefficient (Wildman–Crippen LogP) is 7.03. The molecule has 2 fully saturated rings. The van der Waals surface area contributed by atoms with Crippen LogP contribution in [-0.2, 0) is 19.1 Å². The van der Waals surface area contributed by atoms with Crippen molar-refractivity contribution >= 4 is 45.6 Å². The monoisotopic (exact) mass is 784 g/mol. The van der Waals surface area contributed by atoms with E-state index in [4.69, 9.17) is 13.9 Å². The van der Waals surface area contributed by atoms with Crippen molar-refractivity contribution in [2.24, 2.45) is 11.8 Å². The first kappa shape index (κ1) is 38.6. The largest absolute Gasteiger partial charge is 0.455 e. The number of ether oxygens (including phenoxy) is 2. The number of carbonyl (C=O) groups is 4. The Morgan fingerprint density at radius 1 is 0.768 bits per heavy atom. The third kappa shape index (κ3) is 7.74. The molecule has 56 heavy (non-hydrogen) atoms. The van der Waals surface area contributed by atoms with Gasteiger partial charge in [-0.15, -0.1) is 11.3 Å². The summed E-state index contributed by atoms with van der Waals surface area (Å²) in [6.07, 6.45) is 5.55. The Hall–Kier alpha value is -5.64. The molecule has 0 spiro atoms. The number of amides is 4. The van der Waals surface area contributed by atoms with E-state index >= 15 is 0 Å². The molecule has 4 amide bonds. The summed E-state index contributed by atoms with van der Waals surface area (Å²) in [5.41, 5.74) is 4.33.